The monoisotopic (exact) mass is 157 g/mol. The van der Waals surface area contributed by atoms with E-state index in [2.05, 4.69) is 25.6 Å². The van der Waals surface area contributed by atoms with E-state index in [-0.39, 0.29) is 0 Å². The smallest absolute Gasteiger partial charge is 0.148 e. The highest BCUT2D eigenvalue weighted by atomic mass is 15.4. The molecule has 0 atom stereocenters. The van der Waals surface area contributed by atoms with Crippen LogP contribution in [-0.4, -0.2) is 10.2 Å². The van der Waals surface area contributed by atoms with Gasteiger partial charge >= 0.3 is 0 Å². The van der Waals surface area contributed by atoms with E-state index in [0.29, 0.717) is 5.49 Å². The van der Waals surface area contributed by atoms with Gasteiger partial charge in [-0.2, -0.15) is 0 Å². The summed E-state index contributed by atoms with van der Waals surface area (Å²) < 4.78 is 0. The third-order valence-corrected chi connectivity index (χ3v) is 1.80. The van der Waals surface area contributed by atoms with Gasteiger partial charge in [0.05, 0.1) is 5.35 Å². The minimum atomic E-state index is 0.508. The Morgan fingerprint density at radius 2 is 2.17 bits per heavy atom. The van der Waals surface area contributed by atoms with Crippen molar-refractivity contribution in [3.8, 4) is 0 Å². The first-order valence-electron chi connectivity index (χ1n) is 3.49. The molecule has 0 aromatic carbocycles. The molecule has 1 aliphatic heterocycles. The zero-order valence-electron chi connectivity index (χ0n) is 5.97. The van der Waals surface area contributed by atoms with Gasteiger partial charge in [-0.1, -0.05) is 12.2 Å². The summed E-state index contributed by atoms with van der Waals surface area (Å²) >= 11 is 0. The van der Waals surface area contributed by atoms with Gasteiger partial charge in [-0.25, -0.2) is 0 Å². The lowest BCUT2D eigenvalue weighted by Gasteiger charge is -1.90. The highest BCUT2D eigenvalue weighted by Gasteiger charge is 2.11. The topological polar surface area (TPSA) is 62.9 Å². The minimum Gasteiger partial charge on any atom is -0.148 e. The first-order valence-corrected chi connectivity index (χ1v) is 3.49. The van der Waals surface area contributed by atoms with Crippen LogP contribution < -0.4 is 10.8 Å². The second-order valence-corrected chi connectivity index (χ2v) is 2.49. The number of nitrogens with zero attached hydrogens (tertiary/aromatic N) is 5. The second-order valence-electron chi connectivity index (χ2n) is 2.49. The van der Waals surface area contributed by atoms with Crippen LogP contribution in [0.4, 0.5) is 5.69 Å². The van der Waals surface area contributed by atoms with E-state index in [1.54, 1.807) is 0 Å². The Labute approximate surface area is 66.9 Å². The minimum absolute atomic E-state index is 0.508. The summed E-state index contributed by atoms with van der Waals surface area (Å²) in [6.07, 6.45) is 5.73. The second kappa shape index (κ2) is 1.82. The zero-order valence-corrected chi connectivity index (χ0v) is 5.97. The van der Waals surface area contributed by atoms with Gasteiger partial charge in [0.1, 0.15) is 5.69 Å². The van der Waals surface area contributed by atoms with Gasteiger partial charge in [-0.15, -0.1) is 20.4 Å². The Balaban J connectivity index is 2.57. The SMILES string of the molecule is C1=Cc2c3c(nnc2=C1)=NN=N3. The molecule has 1 aromatic rings. The highest BCUT2D eigenvalue weighted by Crippen LogP contribution is 2.16. The van der Waals surface area contributed by atoms with Crippen molar-refractivity contribution in [2.45, 2.75) is 0 Å². The molecule has 0 saturated heterocycles. The summed E-state index contributed by atoms with van der Waals surface area (Å²) in [5, 5.41) is 19.7. The van der Waals surface area contributed by atoms with Crippen LogP contribution in [0, 0.1) is 0 Å². The first-order chi connectivity index (χ1) is 5.95. The van der Waals surface area contributed by atoms with Crippen LogP contribution in [0.15, 0.2) is 21.5 Å². The van der Waals surface area contributed by atoms with Crippen LogP contribution in [0.25, 0.3) is 12.2 Å². The van der Waals surface area contributed by atoms with Crippen molar-refractivity contribution in [2.24, 2.45) is 15.4 Å². The fraction of sp³-hybridized carbons (Fsp3) is 0. The molecule has 0 saturated carbocycles. The molecule has 0 N–H and O–H groups in total. The van der Waals surface area contributed by atoms with Gasteiger partial charge in [-0.05, 0) is 11.3 Å². The summed E-state index contributed by atoms with van der Waals surface area (Å²) in [5.41, 5.74) is 2.20. The third kappa shape index (κ3) is 0.554. The maximum Gasteiger partial charge on any atom is 0.226 e. The molecule has 12 heavy (non-hydrogen) atoms. The molecule has 0 fully saturated rings. The number of fused-ring (bicyclic) bond motifs is 3. The molecule has 0 bridgehead atoms. The van der Waals surface area contributed by atoms with Crippen molar-refractivity contribution in [1.82, 2.24) is 10.2 Å². The summed E-state index contributed by atoms with van der Waals surface area (Å²) in [6, 6.07) is 0. The molecule has 56 valence electrons. The summed E-state index contributed by atoms with van der Waals surface area (Å²) in [4.78, 5) is 0. The van der Waals surface area contributed by atoms with Crippen molar-refractivity contribution in [3.63, 3.8) is 0 Å². The van der Waals surface area contributed by atoms with E-state index in [9.17, 15) is 0 Å². The lowest BCUT2D eigenvalue weighted by atomic mass is 10.2. The molecular formula is C7H3N5. The molecule has 0 radical (unpaired) electrons. The van der Waals surface area contributed by atoms with Gasteiger partial charge in [0.15, 0.2) is 0 Å². The Morgan fingerprint density at radius 1 is 1.17 bits per heavy atom. The van der Waals surface area contributed by atoms with Crippen molar-refractivity contribution in [2.75, 3.05) is 0 Å². The molecule has 2 aliphatic rings. The van der Waals surface area contributed by atoms with Gasteiger partial charge in [0.2, 0.25) is 5.49 Å². The number of hydrogen-bond donors (Lipinski definition) is 0. The largest absolute Gasteiger partial charge is 0.226 e. The third-order valence-electron chi connectivity index (χ3n) is 1.80. The molecule has 0 spiro atoms. The predicted octanol–water partition coefficient (Wildman–Crippen LogP) is -0.0842. The maximum atomic E-state index is 3.95. The average molecular weight is 157 g/mol. The van der Waals surface area contributed by atoms with Crippen molar-refractivity contribution in [1.29, 1.82) is 0 Å². The lowest BCUT2D eigenvalue weighted by Crippen LogP contribution is -2.19. The summed E-state index contributed by atoms with van der Waals surface area (Å²) in [5.74, 6) is 0. The fourth-order valence-electron chi connectivity index (χ4n) is 1.24. The van der Waals surface area contributed by atoms with E-state index in [4.69, 9.17) is 0 Å². The quantitative estimate of drug-likeness (QED) is 0.528. The molecular weight excluding hydrogens is 154 g/mol. The van der Waals surface area contributed by atoms with E-state index in [1.165, 1.54) is 0 Å². The normalized spacial score (nSPS) is 15.3. The highest BCUT2D eigenvalue weighted by molar-refractivity contribution is 5.72. The van der Waals surface area contributed by atoms with E-state index in [0.717, 1.165) is 16.6 Å². The van der Waals surface area contributed by atoms with Crippen LogP contribution >= 0.6 is 0 Å². The van der Waals surface area contributed by atoms with Crippen LogP contribution in [0.5, 0.6) is 0 Å². The van der Waals surface area contributed by atoms with Crippen LogP contribution in [0.1, 0.15) is 5.56 Å². The summed E-state index contributed by atoms with van der Waals surface area (Å²) in [6.45, 7) is 0. The zero-order chi connectivity index (χ0) is 7.97. The number of aromatic nitrogens is 2. The lowest BCUT2D eigenvalue weighted by molar-refractivity contribution is 0.926. The Morgan fingerprint density at radius 3 is 3.17 bits per heavy atom. The van der Waals surface area contributed by atoms with Crippen molar-refractivity contribution >= 4 is 17.8 Å². The molecule has 3 rings (SSSR count). The first kappa shape index (κ1) is 5.70. The molecule has 5 heteroatoms. The molecule has 5 nitrogen and oxygen atoms in total. The van der Waals surface area contributed by atoms with Gasteiger partial charge in [0, 0.05) is 5.56 Å². The van der Waals surface area contributed by atoms with Crippen molar-refractivity contribution in [3.05, 3.63) is 22.5 Å². The molecule has 1 aliphatic carbocycles. The maximum absolute atomic E-state index is 3.95. The Bertz CT molecular complexity index is 476. The summed E-state index contributed by atoms with van der Waals surface area (Å²) in [7, 11) is 0. The van der Waals surface area contributed by atoms with E-state index >= 15 is 0 Å². The van der Waals surface area contributed by atoms with Gasteiger partial charge in [0.25, 0.3) is 0 Å². The standard InChI is InChI=1S/C7H3N5/c1-2-4-5(3-1)8-10-7-6(4)9-12-11-7/h1-3H. The number of rotatable bonds is 0. The van der Waals surface area contributed by atoms with Gasteiger partial charge < -0.3 is 0 Å². The molecule has 2 heterocycles. The van der Waals surface area contributed by atoms with Crippen LogP contribution in [0.2, 0.25) is 0 Å². The van der Waals surface area contributed by atoms with E-state index in [1.807, 2.05) is 18.2 Å². The van der Waals surface area contributed by atoms with Gasteiger partial charge in [-0.3, -0.25) is 0 Å². The molecule has 0 unspecified atom stereocenters. The fourth-order valence-corrected chi connectivity index (χ4v) is 1.24. The Kier molecular flexibility index (Phi) is 0.864. The Hall–Kier alpha value is -1.91. The number of hydrogen-bond acceptors (Lipinski definition) is 5. The predicted molar refractivity (Wildman–Crippen MR) is 40.8 cm³/mol. The van der Waals surface area contributed by atoms with Crippen LogP contribution in [0.3, 0.4) is 0 Å². The van der Waals surface area contributed by atoms with Crippen molar-refractivity contribution < 1.29 is 0 Å². The average Bonchev–Trinajstić information content (AvgIpc) is 2.71. The number of allylic oxidation sites excluding steroid dienone is 1. The molecule has 0 amide bonds. The van der Waals surface area contributed by atoms with Crippen LogP contribution in [-0.2, 0) is 0 Å². The van der Waals surface area contributed by atoms with E-state index < -0.39 is 0 Å². The molecule has 1 aromatic heterocycles.